The van der Waals surface area contributed by atoms with Gasteiger partial charge in [0.25, 0.3) is 0 Å². The van der Waals surface area contributed by atoms with Gasteiger partial charge in [0, 0.05) is 17.7 Å². The molecule has 0 bridgehead atoms. The molecule has 0 heterocycles. The highest BCUT2D eigenvalue weighted by molar-refractivity contribution is 5.74. The van der Waals surface area contributed by atoms with Crippen molar-refractivity contribution in [1.29, 1.82) is 0 Å². The van der Waals surface area contributed by atoms with Crippen LogP contribution in [0.25, 0.3) is 0 Å². The van der Waals surface area contributed by atoms with E-state index in [1.807, 2.05) is 0 Å². The third kappa shape index (κ3) is 2.08. The van der Waals surface area contributed by atoms with Gasteiger partial charge in [0.05, 0.1) is 4.92 Å². The Morgan fingerprint density at radius 3 is 2.71 bits per heavy atom. The molecule has 0 radical (unpaired) electrons. The number of nitro groups is 1. The Labute approximate surface area is 79.1 Å². The van der Waals surface area contributed by atoms with Crippen molar-refractivity contribution in [3.63, 3.8) is 0 Å². The van der Waals surface area contributed by atoms with Crippen molar-refractivity contribution in [1.82, 2.24) is 0 Å². The Kier molecular flexibility index (Phi) is 2.82. The monoisotopic (exact) mass is 191 g/mol. The van der Waals surface area contributed by atoms with Crippen LogP contribution < -0.4 is 0 Å². The highest BCUT2D eigenvalue weighted by atomic mass is 16.6. The van der Waals surface area contributed by atoms with Gasteiger partial charge in [0.15, 0.2) is 12.0 Å². The van der Waals surface area contributed by atoms with E-state index in [1.165, 1.54) is 6.07 Å². The number of benzene rings is 1. The van der Waals surface area contributed by atoms with E-state index in [9.17, 15) is 14.9 Å². The summed E-state index contributed by atoms with van der Waals surface area (Å²) in [5, 5.41) is 19.5. The lowest BCUT2D eigenvalue weighted by Crippen LogP contribution is -1.88. The van der Waals surface area contributed by atoms with E-state index >= 15 is 0 Å². The Morgan fingerprint density at radius 1 is 1.50 bits per heavy atom. The molecule has 0 aliphatic rings. The smallest absolute Gasteiger partial charge is 0.310 e. The van der Waals surface area contributed by atoms with E-state index in [4.69, 9.17) is 5.11 Å². The summed E-state index contributed by atoms with van der Waals surface area (Å²) in [5.74, 6) is 4.06. The molecule has 0 spiro atoms. The molecule has 5 heteroatoms. The Bertz CT molecular complexity index is 442. The zero-order chi connectivity index (χ0) is 10.6. The van der Waals surface area contributed by atoms with Crippen molar-refractivity contribution in [3.05, 3.63) is 33.9 Å². The summed E-state index contributed by atoms with van der Waals surface area (Å²) in [6, 6.07) is 3.62. The van der Waals surface area contributed by atoms with Crippen LogP contribution >= 0.6 is 0 Å². The van der Waals surface area contributed by atoms with Gasteiger partial charge in [-0.1, -0.05) is 5.92 Å². The zero-order valence-corrected chi connectivity index (χ0v) is 6.93. The van der Waals surface area contributed by atoms with Gasteiger partial charge in [-0.2, -0.15) is 0 Å². The van der Waals surface area contributed by atoms with E-state index < -0.39 is 10.7 Å². The second kappa shape index (κ2) is 4.05. The highest BCUT2D eigenvalue weighted by Crippen LogP contribution is 2.25. The number of rotatable bonds is 1. The van der Waals surface area contributed by atoms with Crippen LogP contribution in [0.1, 0.15) is 5.56 Å². The van der Waals surface area contributed by atoms with Crippen LogP contribution in [0.4, 0.5) is 5.69 Å². The normalized spacial score (nSPS) is 8.57. The van der Waals surface area contributed by atoms with Crippen LogP contribution in [0.5, 0.6) is 5.75 Å². The lowest BCUT2D eigenvalue weighted by molar-refractivity contribution is -0.385. The maximum atomic E-state index is 10.3. The minimum atomic E-state index is -0.702. The van der Waals surface area contributed by atoms with Crippen molar-refractivity contribution < 1.29 is 14.8 Å². The predicted octanol–water partition coefficient (Wildman–Crippen LogP) is 0.851. The summed E-state index contributed by atoms with van der Waals surface area (Å²) in [6.07, 6.45) is 0.401. The molecule has 1 rings (SSSR count). The van der Waals surface area contributed by atoms with E-state index in [1.54, 1.807) is 0 Å². The SMILES string of the molecule is O=CC#Cc1ccc([N+](=O)[O-])c(O)c1. The van der Waals surface area contributed by atoms with Crippen molar-refractivity contribution >= 4 is 12.0 Å². The van der Waals surface area contributed by atoms with Crippen LogP contribution in [0.3, 0.4) is 0 Å². The Hall–Kier alpha value is -2.35. The number of nitrogens with zero attached hydrogens (tertiary/aromatic N) is 1. The second-order valence-corrected chi connectivity index (χ2v) is 2.35. The number of aromatic hydroxyl groups is 1. The number of aldehydes is 1. The van der Waals surface area contributed by atoms with Crippen LogP contribution in [0, 0.1) is 22.0 Å². The van der Waals surface area contributed by atoms with Crippen LogP contribution in [0.15, 0.2) is 18.2 Å². The van der Waals surface area contributed by atoms with Gasteiger partial charge >= 0.3 is 5.69 Å². The summed E-state index contributed by atoms with van der Waals surface area (Å²) >= 11 is 0. The average Bonchev–Trinajstić information content (AvgIpc) is 2.14. The fraction of sp³-hybridized carbons (Fsp3) is 0. The van der Waals surface area contributed by atoms with E-state index in [-0.39, 0.29) is 5.69 Å². The van der Waals surface area contributed by atoms with Gasteiger partial charge in [-0.3, -0.25) is 14.9 Å². The largest absolute Gasteiger partial charge is 0.502 e. The minimum Gasteiger partial charge on any atom is -0.502 e. The van der Waals surface area contributed by atoms with Crippen molar-refractivity contribution in [2.75, 3.05) is 0 Å². The molecule has 0 fully saturated rings. The van der Waals surface area contributed by atoms with Crippen LogP contribution in [0.2, 0.25) is 0 Å². The first kappa shape index (κ1) is 9.74. The first-order valence-corrected chi connectivity index (χ1v) is 3.57. The summed E-state index contributed by atoms with van der Waals surface area (Å²) in [4.78, 5) is 19.5. The Balaban J connectivity index is 3.12. The predicted molar refractivity (Wildman–Crippen MR) is 47.7 cm³/mol. The molecule has 1 aromatic rings. The molecule has 0 amide bonds. The first-order valence-electron chi connectivity index (χ1n) is 3.57. The fourth-order valence-electron chi connectivity index (χ4n) is 0.868. The molecule has 0 saturated carbocycles. The molecule has 1 N–H and O–H groups in total. The molecule has 0 unspecified atom stereocenters. The molecule has 0 aliphatic heterocycles. The van der Waals surface area contributed by atoms with Crippen molar-refractivity contribution in [2.24, 2.45) is 0 Å². The van der Waals surface area contributed by atoms with Gasteiger partial charge in [-0.25, -0.2) is 0 Å². The molecule has 14 heavy (non-hydrogen) atoms. The number of carbonyl (C=O) groups excluding carboxylic acids is 1. The number of phenols is 1. The number of hydrogen-bond acceptors (Lipinski definition) is 4. The summed E-state index contributed by atoms with van der Waals surface area (Å²) in [7, 11) is 0. The van der Waals surface area contributed by atoms with Gasteiger partial charge in [0.2, 0.25) is 0 Å². The molecular weight excluding hydrogens is 186 g/mol. The average molecular weight is 191 g/mol. The zero-order valence-electron chi connectivity index (χ0n) is 6.93. The molecule has 5 nitrogen and oxygen atoms in total. The first-order chi connectivity index (χ1) is 6.65. The third-order valence-electron chi connectivity index (χ3n) is 1.45. The quantitative estimate of drug-likeness (QED) is 0.309. The van der Waals surface area contributed by atoms with Gasteiger partial charge in [-0.05, 0) is 12.0 Å². The lowest BCUT2D eigenvalue weighted by Gasteiger charge is -1.95. The van der Waals surface area contributed by atoms with E-state index in [0.29, 0.717) is 11.8 Å². The summed E-state index contributed by atoms with van der Waals surface area (Å²) < 4.78 is 0. The van der Waals surface area contributed by atoms with E-state index in [0.717, 1.165) is 12.1 Å². The Morgan fingerprint density at radius 2 is 2.21 bits per heavy atom. The maximum absolute atomic E-state index is 10.3. The molecular formula is C9H5NO4. The summed E-state index contributed by atoms with van der Waals surface area (Å²) in [5.41, 5.74) is -0.0400. The molecule has 0 saturated heterocycles. The molecule has 70 valence electrons. The van der Waals surface area contributed by atoms with E-state index in [2.05, 4.69) is 11.8 Å². The molecule has 0 aromatic heterocycles. The maximum Gasteiger partial charge on any atom is 0.310 e. The van der Waals surface area contributed by atoms with Gasteiger partial charge in [0.1, 0.15) is 0 Å². The third-order valence-corrected chi connectivity index (χ3v) is 1.45. The topological polar surface area (TPSA) is 80.4 Å². The number of nitro benzene ring substituents is 1. The van der Waals surface area contributed by atoms with Gasteiger partial charge in [-0.15, -0.1) is 0 Å². The van der Waals surface area contributed by atoms with Crippen LogP contribution in [-0.4, -0.2) is 16.3 Å². The fourth-order valence-corrected chi connectivity index (χ4v) is 0.868. The lowest BCUT2D eigenvalue weighted by atomic mass is 10.2. The number of carbonyl (C=O) groups is 1. The standard InChI is InChI=1S/C9H5NO4/c11-5-1-2-7-3-4-8(10(13)14)9(12)6-7/h3-6,12H. The molecule has 0 atom stereocenters. The summed E-state index contributed by atoms with van der Waals surface area (Å²) in [6.45, 7) is 0. The second-order valence-electron chi connectivity index (χ2n) is 2.35. The van der Waals surface area contributed by atoms with Crippen molar-refractivity contribution in [2.45, 2.75) is 0 Å². The van der Waals surface area contributed by atoms with Crippen LogP contribution in [-0.2, 0) is 4.79 Å². The molecule has 1 aromatic carbocycles. The molecule has 0 aliphatic carbocycles. The van der Waals surface area contributed by atoms with Crippen molar-refractivity contribution in [3.8, 4) is 17.6 Å². The number of phenolic OH excluding ortho intramolecular Hbond substituents is 1. The minimum absolute atomic E-state index is 0.347. The van der Waals surface area contributed by atoms with Gasteiger partial charge < -0.3 is 5.11 Å². The number of hydrogen-bond donors (Lipinski definition) is 1. The highest BCUT2D eigenvalue weighted by Gasteiger charge is 2.11.